The molecule has 0 aliphatic heterocycles. The Bertz CT molecular complexity index is 755. The number of alkyl halides is 1. The average Bonchev–Trinajstić information content (AvgIpc) is 2.59. The van der Waals surface area contributed by atoms with Gasteiger partial charge in [-0.25, -0.2) is 4.39 Å². The van der Waals surface area contributed by atoms with E-state index < -0.39 is 12.0 Å². The summed E-state index contributed by atoms with van der Waals surface area (Å²) >= 11 is 3.96. The predicted molar refractivity (Wildman–Crippen MR) is 106 cm³/mol. The summed E-state index contributed by atoms with van der Waals surface area (Å²) in [5.74, 6) is 0.859. The maximum absolute atomic E-state index is 12.9. The third-order valence-electron chi connectivity index (χ3n) is 6.47. The molecule has 3 unspecified atom stereocenters. The van der Waals surface area contributed by atoms with Crippen molar-refractivity contribution in [3.05, 3.63) is 30.1 Å². The number of ether oxygens (including phenoxy) is 1. The number of halogens is 2. The largest absolute Gasteiger partial charge is 0.481 e. The smallest absolute Gasteiger partial charge is 0.279 e. The summed E-state index contributed by atoms with van der Waals surface area (Å²) in [6, 6.07) is 5.45. The second-order valence-electron chi connectivity index (χ2n) is 9.04. The number of nitrogens with one attached hydrogen (secondary N) is 2. The second kappa shape index (κ2) is 7.32. The molecule has 28 heavy (non-hydrogen) atoms. The van der Waals surface area contributed by atoms with E-state index in [2.05, 4.69) is 26.8 Å². The van der Waals surface area contributed by atoms with E-state index in [1.807, 2.05) is 0 Å². The molecule has 0 radical (unpaired) electrons. The standard InChI is InChI=1S/C21H26BrFN2O3/c1-13(28-17-4-2-16(23)3-5-17)19(27)25-24-18(26)11-20-7-14-6-15(8-20)10-21(22,9-14)12-20/h2-5,13-15H,6-12H2,1H3,(H,24,26)(H,25,27). The van der Waals surface area contributed by atoms with E-state index in [4.69, 9.17) is 4.74 Å². The average molecular weight is 453 g/mol. The molecule has 2 N–H and O–H groups in total. The Labute approximate surface area is 172 Å². The molecule has 5 nitrogen and oxygen atoms in total. The molecule has 5 rings (SSSR count). The van der Waals surface area contributed by atoms with Crippen LogP contribution in [0.25, 0.3) is 0 Å². The fraction of sp³-hybridized carbons (Fsp3) is 0.619. The quantitative estimate of drug-likeness (QED) is 0.526. The maximum Gasteiger partial charge on any atom is 0.279 e. The fourth-order valence-electron chi connectivity index (χ4n) is 5.93. The van der Waals surface area contributed by atoms with Crippen LogP contribution in [0.15, 0.2) is 24.3 Å². The molecule has 4 saturated carbocycles. The Kier molecular flexibility index (Phi) is 5.14. The minimum atomic E-state index is -0.809. The minimum absolute atomic E-state index is 0.0542. The van der Waals surface area contributed by atoms with E-state index in [1.54, 1.807) is 6.92 Å². The van der Waals surface area contributed by atoms with Gasteiger partial charge in [-0.05, 0) is 87.0 Å². The highest BCUT2D eigenvalue weighted by molar-refractivity contribution is 9.10. The van der Waals surface area contributed by atoms with Gasteiger partial charge in [0.25, 0.3) is 5.91 Å². The molecule has 3 atom stereocenters. The molecule has 1 aromatic rings. The van der Waals surface area contributed by atoms with Gasteiger partial charge in [0.15, 0.2) is 6.10 Å². The molecule has 0 heterocycles. The lowest BCUT2D eigenvalue weighted by atomic mass is 9.48. The molecule has 4 bridgehead atoms. The number of benzene rings is 1. The highest BCUT2D eigenvalue weighted by Gasteiger charge is 2.57. The van der Waals surface area contributed by atoms with E-state index in [1.165, 1.54) is 43.5 Å². The molecule has 1 aromatic carbocycles. The molecule has 152 valence electrons. The molecule has 4 aliphatic carbocycles. The molecule has 2 amide bonds. The minimum Gasteiger partial charge on any atom is -0.481 e. The van der Waals surface area contributed by atoms with Gasteiger partial charge in [0.1, 0.15) is 11.6 Å². The van der Waals surface area contributed by atoms with Crippen molar-refractivity contribution >= 4 is 27.7 Å². The number of carbonyl (C=O) groups is 2. The molecular formula is C21H26BrFN2O3. The SMILES string of the molecule is CC(Oc1ccc(F)cc1)C(=O)NNC(=O)CC12CC3CC(CC(Br)(C3)C1)C2. The van der Waals surface area contributed by atoms with E-state index in [-0.39, 0.29) is 21.5 Å². The lowest BCUT2D eigenvalue weighted by Gasteiger charge is -2.60. The number of carbonyl (C=O) groups excluding carboxylic acids is 2. The summed E-state index contributed by atoms with van der Waals surface area (Å²) in [7, 11) is 0. The third kappa shape index (κ3) is 4.19. The van der Waals surface area contributed by atoms with Gasteiger partial charge in [-0.2, -0.15) is 0 Å². The zero-order valence-corrected chi connectivity index (χ0v) is 17.6. The van der Waals surface area contributed by atoms with Gasteiger partial charge in [0, 0.05) is 10.7 Å². The van der Waals surface area contributed by atoms with E-state index in [0.717, 1.165) is 19.3 Å². The maximum atomic E-state index is 12.9. The summed E-state index contributed by atoms with van der Waals surface area (Å²) in [5, 5.41) is 0. The van der Waals surface area contributed by atoms with Crippen LogP contribution in [-0.2, 0) is 9.59 Å². The second-order valence-corrected chi connectivity index (χ2v) is 10.7. The highest BCUT2D eigenvalue weighted by atomic mass is 79.9. The molecule has 0 spiro atoms. The Balaban J connectivity index is 1.27. The first kappa shape index (κ1) is 19.7. The number of hydrogen-bond acceptors (Lipinski definition) is 3. The number of hydrogen-bond donors (Lipinski definition) is 2. The van der Waals surface area contributed by atoms with Crippen molar-refractivity contribution in [1.82, 2.24) is 10.9 Å². The van der Waals surface area contributed by atoms with Crippen LogP contribution in [-0.4, -0.2) is 22.2 Å². The third-order valence-corrected chi connectivity index (χ3v) is 7.40. The topological polar surface area (TPSA) is 67.4 Å². The van der Waals surface area contributed by atoms with Crippen LogP contribution in [0.2, 0.25) is 0 Å². The fourth-order valence-corrected chi connectivity index (χ4v) is 7.44. The first-order valence-electron chi connectivity index (χ1n) is 9.94. The Hall–Kier alpha value is -1.63. The summed E-state index contributed by atoms with van der Waals surface area (Å²) in [5.41, 5.74) is 5.06. The van der Waals surface area contributed by atoms with Crippen LogP contribution in [0.4, 0.5) is 4.39 Å². The predicted octanol–water partition coefficient (Wildman–Crippen LogP) is 3.86. The Morgan fingerprint density at radius 3 is 2.43 bits per heavy atom. The first-order valence-corrected chi connectivity index (χ1v) is 10.7. The van der Waals surface area contributed by atoms with Crippen molar-refractivity contribution in [2.75, 3.05) is 0 Å². The molecule has 4 fully saturated rings. The number of rotatable bonds is 5. The van der Waals surface area contributed by atoms with Crippen molar-refractivity contribution in [3.63, 3.8) is 0 Å². The van der Waals surface area contributed by atoms with Crippen molar-refractivity contribution in [2.45, 2.75) is 62.3 Å². The monoisotopic (exact) mass is 452 g/mol. The summed E-state index contributed by atoms with van der Waals surface area (Å²) < 4.78 is 18.6. The van der Waals surface area contributed by atoms with Gasteiger partial charge in [-0.3, -0.25) is 20.4 Å². The van der Waals surface area contributed by atoms with Gasteiger partial charge < -0.3 is 4.74 Å². The number of amides is 2. The van der Waals surface area contributed by atoms with Crippen molar-refractivity contribution < 1.29 is 18.7 Å². The van der Waals surface area contributed by atoms with Crippen LogP contribution >= 0.6 is 15.9 Å². The van der Waals surface area contributed by atoms with E-state index in [0.29, 0.717) is 24.0 Å². The molecule has 0 aromatic heterocycles. The molecule has 4 aliphatic rings. The molecule has 0 saturated heterocycles. The van der Waals surface area contributed by atoms with Crippen LogP contribution in [0, 0.1) is 23.1 Å². The normalized spacial score (nSPS) is 34.0. The molecule has 7 heteroatoms. The van der Waals surface area contributed by atoms with Crippen LogP contribution in [0.1, 0.15) is 51.9 Å². The van der Waals surface area contributed by atoms with Gasteiger partial charge in [-0.15, -0.1) is 0 Å². The van der Waals surface area contributed by atoms with Crippen molar-refractivity contribution in [3.8, 4) is 5.75 Å². The van der Waals surface area contributed by atoms with Gasteiger partial charge in [0.2, 0.25) is 5.91 Å². The van der Waals surface area contributed by atoms with Crippen LogP contribution in [0.5, 0.6) is 5.75 Å². The molecular weight excluding hydrogens is 427 g/mol. The highest BCUT2D eigenvalue weighted by Crippen LogP contribution is 2.65. The Morgan fingerprint density at radius 2 is 1.82 bits per heavy atom. The Morgan fingerprint density at radius 1 is 1.18 bits per heavy atom. The van der Waals surface area contributed by atoms with E-state index >= 15 is 0 Å². The zero-order chi connectivity index (χ0) is 19.9. The summed E-state index contributed by atoms with van der Waals surface area (Å²) in [4.78, 5) is 24.7. The zero-order valence-electron chi connectivity index (χ0n) is 16.0. The summed E-state index contributed by atoms with van der Waals surface area (Å²) in [6.45, 7) is 1.58. The van der Waals surface area contributed by atoms with E-state index in [9.17, 15) is 14.0 Å². The summed E-state index contributed by atoms with van der Waals surface area (Å²) in [6.07, 6.45) is 6.65. The van der Waals surface area contributed by atoms with Crippen molar-refractivity contribution in [1.29, 1.82) is 0 Å². The number of hydrazine groups is 1. The van der Waals surface area contributed by atoms with Gasteiger partial charge >= 0.3 is 0 Å². The van der Waals surface area contributed by atoms with Gasteiger partial charge in [0.05, 0.1) is 0 Å². The lowest BCUT2D eigenvalue weighted by Crippen LogP contribution is -2.55. The van der Waals surface area contributed by atoms with Crippen molar-refractivity contribution in [2.24, 2.45) is 17.3 Å². The first-order chi connectivity index (χ1) is 13.2. The lowest BCUT2D eigenvalue weighted by molar-refractivity contribution is -0.135. The van der Waals surface area contributed by atoms with Gasteiger partial charge in [-0.1, -0.05) is 15.9 Å². The van der Waals surface area contributed by atoms with Crippen LogP contribution < -0.4 is 15.6 Å². The van der Waals surface area contributed by atoms with Crippen LogP contribution in [0.3, 0.4) is 0 Å².